The lowest BCUT2D eigenvalue weighted by molar-refractivity contribution is -0.132. The molecule has 2 saturated heterocycles. The molecule has 2 aliphatic heterocycles. The van der Waals surface area contributed by atoms with Gasteiger partial charge in [0.1, 0.15) is 0 Å². The number of likely N-dealkylation sites (tertiary alicyclic amines) is 1. The van der Waals surface area contributed by atoms with Crippen molar-refractivity contribution in [3.8, 4) is 0 Å². The van der Waals surface area contributed by atoms with Crippen LogP contribution in [0, 0.1) is 11.8 Å². The first-order valence-corrected chi connectivity index (χ1v) is 8.01. The molecule has 1 saturated carbocycles. The molecular formula is C15H25F2N3O. The molecule has 2 unspecified atom stereocenters. The molecule has 21 heavy (non-hydrogen) atoms. The van der Waals surface area contributed by atoms with Gasteiger partial charge in [-0.15, -0.1) is 0 Å². The Kier molecular flexibility index (Phi) is 4.19. The van der Waals surface area contributed by atoms with E-state index in [1.807, 2.05) is 0 Å². The predicted molar refractivity (Wildman–Crippen MR) is 76.3 cm³/mol. The lowest BCUT2D eigenvalue weighted by Crippen LogP contribution is -2.42. The van der Waals surface area contributed by atoms with Crippen LogP contribution in [-0.4, -0.2) is 67.4 Å². The summed E-state index contributed by atoms with van der Waals surface area (Å²) in [5, 5.41) is 2.66. The molecule has 2 heterocycles. The van der Waals surface area contributed by atoms with Crippen LogP contribution in [0.4, 0.5) is 8.78 Å². The molecule has 3 aliphatic rings. The van der Waals surface area contributed by atoms with Crippen LogP contribution < -0.4 is 5.32 Å². The Labute approximate surface area is 124 Å². The van der Waals surface area contributed by atoms with Gasteiger partial charge in [-0.2, -0.15) is 0 Å². The second-order valence-electron chi connectivity index (χ2n) is 7.10. The van der Waals surface area contributed by atoms with Crippen LogP contribution >= 0.6 is 0 Å². The van der Waals surface area contributed by atoms with Crippen molar-refractivity contribution in [3.63, 3.8) is 0 Å². The van der Waals surface area contributed by atoms with Crippen LogP contribution in [0.15, 0.2) is 0 Å². The fourth-order valence-corrected chi connectivity index (χ4v) is 3.55. The molecule has 0 aromatic heterocycles. The average molecular weight is 301 g/mol. The van der Waals surface area contributed by atoms with E-state index >= 15 is 0 Å². The highest BCUT2D eigenvalue weighted by molar-refractivity contribution is 5.82. The number of hydrogen-bond donors (Lipinski definition) is 1. The minimum absolute atomic E-state index is 0.139. The molecule has 1 N–H and O–H groups in total. The fraction of sp³-hybridized carbons (Fsp3) is 0.933. The zero-order valence-electron chi connectivity index (χ0n) is 12.7. The summed E-state index contributed by atoms with van der Waals surface area (Å²) in [7, 11) is 2.14. The summed E-state index contributed by atoms with van der Waals surface area (Å²) >= 11 is 0. The zero-order chi connectivity index (χ0) is 15.0. The summed E-state index contributed by atoms with van der Waals surface area (Å²) < 4.78 is 26.4. The van der Waals surface area contributed by atoms with Crippen LogP contribution in [0.3, 0.4) is 0 Å². The topological polar surface area (TPSA) is 35.6 Å². The smallest absolute Gasteiger partial charge is 0.262 e. The summed E-state index contributed by atoms with van der Waals surface area (Å²) in [5.41, 5.74) is 0. The average Bonchev–Trinajstić information content (AvgIpc) is 2.96. The Morgan fingerprint density at radius 3 is 2.62 bits per heavy atom. The highest BCUT2D eigenvalue weighted by Crippen LogP contribution is 2.30. The van der Waals surface area contributed by atoms with Gasteiger partial charge in [-0.05, 0) is 38.1 Å². The van der Waals surface area contributed by atoms with Gasteiger partial charge in [0, 0.05) is 32.6 Å². The van der Waals surface area contributed by atoms with E-state index in [-0.39, 0.29) is 18.9 Å². The first-order valence-electron chi connectivity index (χ1n) is 8.01. The lowest BCUT2D eigenvalue weighted by Gasteiger charge is -2.23. The minimum atomic E-state index is -2.73. The van der Waals surface area contributed by atoms with Gasteiger partial charge < -0.3 is 9.80 Å². The van der Waals surface area contributed by atoms with E-state index in [9.17, 15) is 13.6 Å². The maximum absolute atomic E-state index is 13.2. The molecule has 120 valence electrons. The molecule has 0 radical (unpaired) electrons. The molecule has 0 bridgehead atoms. The summed E-state index contributed by atoms with van der Waals surface area (Å²) in [6.07, 6.45) is 3.33. The molecule has 4 nitrogen and oxygen atoms in total. The van der Waals surface area contributed by atoms with Crippen molar-refractivity contribution < 1.29 is 13.6 Å². The predicted octanol–water partition coefficient (Wildman–Crippen LogP) is 1.17. The van der Waals surface area contributed by atoms with Gasteiger partial charge in [-0.1, -0.05) is 0 Å². The van der Waals surface area contributed by atoms with E-state index in [1.165, 1.54) is 12.8 Å². The van der Waals surface area contributed by atoms with Gasteiger partial charge in [-0.3, -0.25) is 10.1 Å². The van der Waals surface area contributed by atoms with E-state index < -0.39 is 12.0 Å². The molecule has 0 aromatic rings. The number of rotatable bonds is 5. The Hall–Kier alpha value is -0.750. The number of hydrogen-bond acceptors (Lipinski definition) is 3. The maximum atomic E-state index is 13.2. The third-order valence-electron chi connectivity index (χ3n) is 4.84. The maximum Gasteiger partial charge on any atom is 0.262 e. The number of alkyl halides is 2. The van der Waals surface area contributed by atoms with Crippen LogP contribution in [0.2, 0.25) is 0 Å². The van der Waals surface area contributed by atoms with Crippen molar-refractivity contribution in [1.29, 1.82) is 0 Å². The van der Waals surface area contributed by atoms with Gasteiger partial charge in [0.2, 0.25) is 5.91 Å². The minimum Gasteiger partial charge on any atom is -0.341 e. The van der Waals surface area contributed by atoms with E-state index in [1.54, 1.807) is 4.90 Å². The van der Waals surface area contributed by atoms with Crippen molar-refractivity contribution in [2.45, 2.75) is 37.6 Å². The summed E-state index contributed by atoms with van der Waals surface area (Å²) in [5.74, 6) is -1.51. The summed E-state index contributed by atoms with van der Waals surface area (Å²) in [6, 6.07) is -0.692. The molecule has 1 aliphatic carbocycles. The second kappa shape index (κ2) is 5.80. The first kappa shape index (κ1) is 15.2. The number of nitrogens with one attached hydrogen (secondary N) is 1. The van der Waals surface area contributed by atoms with Crippen molar-refractivity contribution in [2.75, 3.05) is 39.8 Å². The van der Waals surface area contributed by atoms with Crippen LogP contribution in [-0.2, 0) is 4.79 Å². The van der Waals surface area contributed by atoms with Gasteiger partial charge in [0.15, 0.2) is 0 Å². The third kappa shape index (κ3) is 3.92. The molecule has 1 amide bonds. The SMILES string of the molecule is CN(CC1CC1)CC1CCN(C(=O)C2CC(F)(F)CN2)C1. The zero-order valence-corrected chi connectivity index (χ0v) is 12.7. The number of carbonyl (C=O) groups excluding carboxylic acids is 1. The Morgan fingerprint density at radius 1 is 1.29 bits per heavy atom. The molecule has 3 fully saturated rings. The number of halogens is 2. The Morgan fingerprint density at radius 2 is 2.00 bits per heavy atom. The standard InChI is InChI=1S/C15H25F2N3O/c1-19(7-11-2-3-11)8-12-4-5-20(9-12)14(21)13-6-15(16,17)10-18-13/h11-13,18H,2-10H2,1H3. The second-order valence-corrected chi connectivity index (χ2v) is 7.10. The van der Waals surface area contributed by atoms with Crippen molar-refractivity contribution in [3.05, 3.63) is 0 Å². The molecule has 0 aromatic carbocycles. The Balaban J connectivity index is 1.44. The van der Waals surface area contributed by atoms with E-state index in [0.717, 1.165) is 32.0 Å². The van der Waals surface area contributed by atoms with Gasteiger partial charge in [0.05, 0.1) is 12.6 Å². The fourth-order valence-electron chi connectivity index (χ4n) is 3.55. The molecular weight excluding hydrogens is 276 g/mol. The largest absolute Gasteiger partial charge is 0.341 e. The quantitative estimate of drug-likeness (QED) is 0.828. The number of nitrogens with zero attached hydrogens (tertiary/aromatic N) is 2. The van der Waals surface area contributed by atoms with Gasteiger partial charge >= 0.3 is 0 Å². The van der Waals surface area contributed by atoms with Gasteiger partial charge in [-0.25, -0.2) is 8.78 Å². The molecule has 3 rings (SSSR count). The van der Waals surface area contributed by atoms with Crippen molar-refractivity contribution in [2.24, 2.45) is 11.8 Å². The van der Waals surface area contributed by atoms with Gasteiger partial charge in [0.25, 0.3) is 5.92 Å². The van der Waals surface area contributed by atoms with E-state index in [2.05, 4.69) is 17.3 Å². The molecule has 2 atom stereocenters. The van der Waals surface area contributed by atoms with Crippen LogP contribution in [0.25, 0.3) is 0 Å². The lowest BCUT2D eigenvalue weighted by atomic mass is 10.1. The van der Waals surface area contributed by atoms with E-state index in [0.29, 0.717) is 12.5 Å². The third-order valence-corrected chi connectivity index (χ3v) is 4.84. The van der Waals surface area contributed by atoms with Crippen LogP contribution in [0.1, 0.15) is 25.7 Å². The number of amides is 1. The number of carbonyl (C=O) groups is 1. The van der Waals surface area contributed by atoms with Crippen molar-refractivity contribution >= 4 is 5.91 Å². The molecule has 6 heteroatoms. The van der Waals surface area contributed by atoms with E-state index in [4.69, 9.17) is 0 Å². The first-order chi connectivity index (χ1) is 9.93. The normalized spacial score (nSPS) is 32.1. The Bertz CT molecular complexity index is 400. The highest BCUT2D eigenvalue weighted by Gasteiger charge is 2.44. The molecule has 0 spiro atoms. The van der Waals surface area contributed by atoms with Crippen LogP contribution in [0.5, 0.6) is 0 Å². The summed E-state index contributed by atoms with van der Waals surface area (Å²) in [6.45, 7) is 3.22. The highest BCUT2D eigenvalue weighted by atomic mass is 19.3. The monoisotopic (exact) mass is 301 g/mol. The summed E-state index contributed by atoms with van der Waals surface area (Å²) in [4.78, 5) is 16.4. The van der Waals surface area contributed by atoms with Crippen molar-refractivity contribution in [1.82, 2.24) is 15.1 Å².